The smallest absolute Gasteiger partial charge is 0.480 e. The minimum absolute atomic E-state index is 0.0597. The van der Waals surface area contributed by atoms with Crippen LogP contribution < -0.4 is 10.6 Å². The van der Waals surface area contributed by atoms with Crippen LogP contribution in [-0.2, 0) is 27.5 Å². The van der Waals surface area contributed by atoms with Crippen LogP contribution in [0.15, 0.2) is 60.7 Å². The molecule has 168 valence electrons. The molecule has 0 aliphatic carbocycles. The van der Waals surface area contributed by atoms with E-state index in [1.807, 2.05) is 60.7 Å². The van der Waals surface area contributed by atoms with Crippen molar-refractivity contribution in [2.24, 2.45) is 0 Å². The fourth-order valence-electron chi connectivity index (χ4n) is 2.04. The standard InChI is InChI=1S/C18H20N2O4.C2HF3O2/c21-17(22)16(19-11-14-7-3-1-4-8-14)12-20-18(23)24-13-15-9-5-2-6-10-15;3-2(4,5)1(6)7/h1-10,16,19H,11-13H2,(H,20,23)(H,21,22);(H,6,7)/t16-;/m1./s1. The van der Waals surface area contributed by atoms with Gasteiger partial charge in [-0.15, -0.1) is 0 Å². The van der Waals surface area contributed by atoms with Crippen LogP contribution in [0.2, 0.25) is 0 Å². The molecule has 0 heterocycles. The molecule has 0 saturated heterocycles. The zero-order valence-electron chi connectivity index (χ0n) is 16.1. The van der Waals surface area contributed by atoms with Crippen LogP contribution in [0.25, 0.3) is 0 Å². The Hall–Kier alpha value is -3.60. The van der Waals surface area contributed by atoms with Gasteiger partial charge in [-0.2, -0.15) is 13.2 Å². The number of carbonyl (C=O) groups excluding carboxylic acids is 1. The van der Waals surface area contributed by atoms with E-state index in [4.69, 9.17) is 14.6 Å². The maximum atomic E-state index is 11.7. The average Bonchev–Trinajstić information content (AvgIpc) is 2.73. The van der Waals surface area contributed by atoms with E-state index in [-0.39, 0.29) is 13.2 Å². The number of carboxylic acids is 2. The first-order chi connectivity index (χ1) is 14.6. The molecular formula is C20H21F3N2O6. The van der Waals surface area contributed by atoms with Gasteiger partial charge in [0.25, 0.3) is 0 Å². The van der Waals surface area contributed by atoms with Crippen molar-refractivity contribution in [2.75, 3.05) is 6.54 Å². The number of hydrogen-bond acceptors (Lipinski definition) is 5. The molecule has 0 saturated carbocycles. The minimum Gasteiger partial charge on any atom is -0.480 e. The highest BCUT2D eigenvalue weighted by Crippen LogP contribution is 2.13. The number of alkyl carbamates (subject to hydrolysis) is 1. The fraction of sp³-hybridized carbons (Fsp3) is 0.250. The lowest BCUT2D eigenvalue weighted by Gasteiger charge is -2.15. The summed E-state index contributed by atoms with van der Waals surface area (Å²) in [6, 6.07) is 17.8. The molecule has 1 atom stereocenters. The molecule has 8 nitrogen and oxygen atoms in total. The molecule has 0 aromatic heterocycles. The maximum Gasteiger partial charge on any atom is 0.490 e. The Bertz CT molecular complexity index is 832. The number of aliphatic carboxylic acids is 2. The number of hydrogen-bond donors (Lipinski definition) is 4. The first-order valence-corrected chi connectivity index (χ1v) is 8.84. The zero-order chi connectivity index (χ0) is 23.3. The highest BCUT2D eigenvalue weighted by Gasteiger charge is 2.38. The lowest BCUT2D eigenvalue weighted by atomic mass is 10.2. The molecule has 2 aromatic rings. The van der Waals surface area contributed by atoms with E-state index in [2.05, 4.69) is 10.6 Å². The van der Waals surface area contributed by atoms with Crippen molar-refractivity contribution in [3.05, 3.63) is 71.8 Å². The quantitative estimate of drug-likeness (QED) is 0.495. The Morgan fingerprint density at radius 2 is 1.39 bits per heavy atom. The first-order valence-electron chi connectivity index (χ1n) is 8.84. The Labute approximate surface area is 175 Å². The van der Waals surface area contributed by atoms with Gasteiger partial charge in [0, 0.05) is 13.1 Å². The number of alkyl halides is 3. The first kappa shape index (κ1) is 25.4. The molecule has 4 N–H and O–H groups in total. The number of rotatable bonds is 8. The molecule has 0 unspecified atom stereocenters. The van der Waals surface area contributed by atoms with Crippen molar-refractivity contribution in [2.45, 2.75) is 25.4 Å². The van der Waals surface area contributed by atoms with Crippen LogP contribution in [-0.4, -0.2) is 47.0 Å². The molecule has 0 fully saturated rings. The number of carboxylic acid groups (broad SMARTS) is 2. The number of carbonyl (C=O) groups is 3. The predicted octanol–water partition coefficient (Wildman–Crippen LogP) is 2.79. The van der Waals surface area contributed by atoms with E-state index >= 15 is 0 Å². The monoisotopic (exact) mass is 442 g/mol. The van der Waals surface area contributed by atoms with Crippen LogP contribution in [0.5, 0.6) is 0 Å². The van der Waals surface area contributed by atoms with E-state index < -0.39 is 30.2 Å². The summed E-state index contributed by atoms with van der Waals surface area (Å²) in [7, 11) is 0. The second kappa shape index (κ2) is 12.9. The second-order valence-electron chi connectivity index (χ2n) is 6.00. The van der Waals surface area contributed by atoms with Crippen LogP contribution in [0.4, 0.5) is 18.0 Å². The summed E-state index contributed by atoms with van der Waals surface area (Å²) in [5.41, 5.74) is 1.83. The van der Waals surface area contributed by atoms with Crippen molar-refractivity contribution in [3.8, 4) is 0 Å². The van der Waals surface area contributed by atoms with Gasteiger partial charge in [-0.05, 0) is 11.1 Å². The van der Waals surface area contributed by atoms with E-state index in [0.717, 1.165) is 11.1 Å². The van der Waals surface area contributed by atoms with E-state index in [9.17, 15) is 27.9 Å². The van der Waals surface area contributed by atoms with Gasteiger partial charge in [0.2, 0.25) is 0 Å². The summed E-state index contributed by atoms with van der Waals surface area (Å²) in [6.45, 7) is 0.482. The molecule has 1 amide bonds. The number of halogens is 3. The molecule has 2 aromatic carbocycles. The average molecular weight is 442 g/mol. The van der Waals surface area contributed by atoms with Crippen molar-refractivity contribution in [3.63, 3.8) is 0 Å². The lowest BCUT2D eigenvalue weighted by molar-refractivity contribution is -0.192. The third-order valence-electron chi connectivity index (χ3n) is 3.60. The number of nitrogens with one attached hydrogen (secondary N) is 2. The largest absolute Gasteiger partial charge is 0.490 e. The maximum absolute atomic E-state index is 11.7. The minimum atomic E-state index is -5.08. The highest BCUT2D eigenvalue weighted by molar-refractivity contribution is 5.75. The fourth-order valence-corrected chi connectivity index (χ4v) is 2.04. The highest BCUT2D eigenvalue weighted by atomic mass is 19.4. The molecule has 31 heavy (non-hydrogen) atoms. The molecule has 2 rings (SSSR count). The molecule has 0 radical (unpaired) electrons. The molecule has 0 aliphatic rings. The summed E-state index contributed by atoms with van der Waals surface area (Å²) in [4.78, 5) is 31.8. The van der Waals surface area contributed by atoms with Crippen molar-refractivity contribution in [1.82, 2.24) is 10.6 Å². The Morgan fingerprint density at radius 3 is 1.84 bits per heavy atom. The normalized spacial score (nSPS) is 11.5. The predicted molar refractivity (Wildman–Crippen MR) is 103 cm³/mol. The number of benzene rings is 2. The van der Waals surface area contributed by atoms with Crippen molar-refractivity contribution >= 4 is 18.0 Å². The van der Waals surface area contributed by atoms with Crippen LogP contribution in [0.3, 0.4) is 0 Å². The van der Waals surface area contributed by atoms with Gasteiger partial charge in [0.05, 0.1) is 0 Å². The molecule has 0 spiro atoms. The summed E-state index contributed by atoms with van der Waals surface area (Å²) in [6.07, 6.45) is -5.73. The molecule has 0 aliphatic heterocycles. The van der Waals surface area contributed by atoms with Gasteiger partial charge in [0.1, 0.15) is 12.6 Å². The lowest BCUT2D eigenvalue weighted by Crippen LogP contribution is -2.45. The van der Waals surface area contributed by atoms with Gasteiger partial charge in [0.15, 0.2) is 0 Å². The van der Waals surface area contributed by atoms with E-state index in [1.54, 1.807) is 0 Å². The molecule has 11 heteroatoms. The third kappa shape index (κ3) is 11.2. The van der Waals surface area contributed by atoms with Gasteiger partial charge in [-0.3, -0.25) is 10.1 Å². The molecule has 0 bridgehead atoms. The number of ether oxygens (including phenoxy) is 1. The summed E-state index contributed by atoms with van der Waals surface area (Å²) < 4.78 is 36.8. The zero-order valence-corrected chi connectivity index (χ0v) is 16.1. The SMILES string of the molecule is O=C(NC[C@@H](NCc1ccccc1)C(=O)O)OCc1ccccc1.O=C(O)C(F)(F)F. The molecular weight excluding hydrogens is 421 g/mol. The van der Waals surface area contributed by atoms with Gasteiger partial charge < -0.3 is 20.3 Å². The van der Waals surface area contributed by atoms with Gasteiger partial charge >= 0.3 is 24.2 Å². The summed E-state index contributed by atoms with van der Waals surface area (Å²) in [5, 5.41) is 21.7. The third-order valence-corrected chi connectivity index (χ3v) is 3.60. The van der Waals surface area contributed by atoms with E-state index in [1.165, 1.54) is 0 Å². The topological polar surface area (TPSA) is 125 Å². The van der Waals surface area contributed by atoms with Crippen LogP contribution >= 0.6 is 0 Å². The Balaban J connectivity index is 0.000000592. The van der Waals surface area contributed by atoms with Crippen LogP contribution in [0, 0.1) is 0 Å². The van der Waals surface area contributed by atoms with Gasteiger partial charge in [-0.25, -0.2) is 9.59 Å². The summed E-state index contributed by atoms with van der Waals surface area (Å²) in [5.74, 6) is -3.79. The number of amides is 1. The van der Waals surface area contributed by atoms with Gasteiger partial charge in [-0.1, -0.05) is 60.7 Å². The Kier molecular flexibility index (Phi) is 10.5. The van der Waals surface area contributed by atoms with Crippen molar-refractivity contribution < 1.29 is 42.5 Å². The Morgan fingerprint density at radius 1 is 0.903 bits per heavy atom. The second-order valence-corrected chi connectivity index (χ2v) is 6.00. The van der Waals surface area contributed by atoms with Crippen LogP contribution in [0.1, 0.15) is 11.1 Å². The summed E-state index contributed by atoms with van der Waals surface area (Å²) >= 11 is 0. The van der Waals surface area contributed by atoms with E-state index in [0.29, 0.717) is 6.54 Å². The van der Waals surface area contributed by atoms with Crippen molar-refractivity contribution in [1.29, 1.82) is 0 Å².